The number of para-hydroxylation sites is 1. The first-order chi connectivity index (χ1) is 12.1. The molecule has 1 aromatic heterocycles. The smallest absolute Gasteiger partial charge is 0.237 e. The number of nitrogens with zero attached hydrogens (tertiary/aromatic N) is 4. The molecule has 0 aliphatic carbocycles. The Morgan fingerprint density at radius 3 is 2.48 bits per heavy atom. The minimum atomic E-state index is -0.0314. The summed E-state index contributed by atoms with van der Waals surface area (Å²) in [5.41, 5.74) is 2.90. The molecule has 0 aliphatic heterocycles. The molecule has 0 fully saturated rings. The van der Waals surface area contributed by atoms with Gasteiger partial charge in [-0.2, -0.15) is 0 Å². The van der Waals surface area contributed by atoms with E-state index < -0.39 is 0 Å². The van der Waals surface area contributed by atoms with Gasteiger partial charge in [0.2, 0.25) is 11.1 Å². The molecule has 0 aliphatic rings. The number of hydrogen-bond donors (Lipinski definition) is 1. The second-order valence-corrected chi connectivity index (χ2v) is 6.56. The van der Waals surface area contributed by atoms with Crippen LogP contribution in [0.4, 0.5) is 5.69 Å². The summed E-state index contributed by atoms with van der Waals surface area (Å²) in [7, 11) is 1.75. The molecule has 0 bridgehead atoms. The minimum absolute atomic E-state index is 0.0314. The van der Waals surface area contributed by atoms with Crippen molar-refractivity contribution in [2.75, 3.05) is 23.5 Å². The lowest BCUT2D eigenvalue weighted by molar-refractivity contribution is -0.115. The highest BCUT2D eigenvalue weighted by Crippen LogP contribution is 2.22. The Balaban J connectivity index is 1.68. The van der Waals surface area contributed by atoms with Crippen LogP contribution in [0.15, 0.2) is 59.8 Å². The molecule has 25 heavy (non-hydrogen) atoms. The summed E-state index contributed by atoms with van der Waals surface area (Å²) >= 11 is 1.27. The Kier molecular flexibility index (Phi) is 5.04. The molecular weight excluding hydrogens is 334 g/mol. The highest BCUT2D eigenvalue weighted by molar-refractivity contribution is 7.99. The molecule has 0 unspecified atom stereocenters. The molecule has 0 radical (unpaired) electrons. The molecule has 0 saturated carbocycles. The van der Waals surface area contributed by atoms with Crippen molar-refractivity contribution in [1.82, 2.24) is 14.9 Å². The van der Waals surface area contributed by atoms with E-state index in [-0.39, 0.29) is 11.7 Å². The lowest BCUT2D eigenvalue weighted by atomic mass is 10.1. The van der Waals surface area contributed by atoms with Crippen LogP contribution in [0.3, 0.4) is 0 Å². The Hall–Kier alpha value is -2.80. The van der Waals surface area contributed by atoms with Gasteiger partial charge >= 0.3 is 0 Å². The van der Waals surface area contributed by atoms with Gasteiger partial charge in [-0.15, -0.1) is 10.2 Å². The van der Waals surface area contributed by atoms with Crippen LogP contribution in [0.1, 0.15) is 5.56 Å². The van der Waals surface area contributed by atoms with Crippen molar-refractivity contribution < 1.29 is 4.79 Å². The summed E-state index contributed by atoms with van der Waals surface area (Å²) in [5.74, 6) is 6.87. The fourth-order valence-corrected chi connectivity index (χ4v) is 3.06. The van der Waals surface area contributed by atoms with Gasteiger partial charge in [0.15, 0.2) is 5.82 Å². The molecule has 1 heterocycles. The highest BCUT2D eigenvalue weighted by Gasteiger charge is 2.16. The fourth-order valence-electron chi connectivity index (χ4n) is 2.29. The molecule has 3 aromatic rings. The topological polar surface area (TPSA) is 77.0 Å². The number of hydrogen-bond acceptors (Lipinski definition) is 5. The van der Waals surface area contributed by atoms with E-state index in [0.717, 1.165) is 16.8 Å². The van der Waals surface area contributed by atoms with Crippen LogP contribution in [-0.2, 0) is 4.79 Å². The van der Waals surface area contributed by atoms with Gasteiger partial charge in [-0.3, -0.25) is 4.79 Å². The van der Waals surface area contributed by atoms with E-state index in [1.54, 1.807) is 11.9 Å². The van der Waals surface area contributed by atoms with Crippen molar-refractivity contribution in [3.8, 4) is 11.4 Å². The van der Waals surface area contributed by atoms with Crippen molar-refractivity contribution >= 4 is 23.4 Å². The summed E-state index contributed by atoms with van der Waals surface area (Å²) < 4.78 is 1.42. The normalized spacial score (nSPS) is 10.6. The first-order valence-electron chi connectivity index (χ1n) is 7.78. The second kappa shape index (κ2) is 7.40. The quantitative estimate of drug-likeness (QED) is 0.564. The number of nitrogens with two attached hydrogens (primary N) is 1. The predicted octanol–water partition coefficient (Wildman–Crippen LogP) is 2.72. The third kappa shape index (κ3) is 3.83. The van der Waals surface area contributed by atoms with E-state index >= 15 is 0 Å². The molecule has 2 aromatic carbocycles. The number of aromatic nitrogens is 3. The lowest BCUT2D eigenvalue weighted by Gasteiger charge is -2.16. The predicted molar refractivity (Wildman–Crippen MR) is 101 cm³/mol. The number of anilines is 1. The van der Waals surface area contributed by atoms with Crippen LogP contribution in [-0.4, -0.2) is 33.6 Å². The van der Waals surface area contributed by atoms with Crippen LogP contribution in [0, 0.1) is 6.92 Å². The van der Waals surface area contributed by atoms with Crippen LogP contribution in [0.5, 0.6) is 0 Å². The maximum atomic E-state index is 12.3. The fraction of sp³-hybridized carbons (Fsp3) is 0.167. The molecular formula is C18H19N5OS. The van der Waals surface area contributed by atoms with E-state index in [0.29, 0.717) is 11.0 Å². The molecule has 0 spiro atoms. The molecule has 3 rings (SSSR count). The average Bonchev–Trinajstić information content (AvgIpc) is 3.01. The van der Waals surface area contributed by atoms with E-state index in [2.05, 4.69) is 10.2 Å². The standard InChI is InChI=1S/C18H19N5OS/c1-13-8-10-14(11-9-13)17-20-21-18(23(17)19)25-12-16(24)22(2)15-6-4-3-5-7-15/h3-11H,12,19H2,1-2H3. The Morgan fingerprint density at radius 1 is 1.12 bits per heavy atom. The van der Waals surface area contributed by atoms with Gasteiger partial charge in [0.25, 0.3) is 0 Å². The number of carbonyl (C=O) groups excluding carboxylic acids is 1. The number of aryl methyl sites for hydroxylation is 1. The van der Waals surface area contributed by atoms with E-state index in [1.165, 1.54) is 16.4 Å². The van der Waals surface area contributed by atoms with Crippen molar-refractivity contribution in [2.45, 2.75) is 12.1 Å². The third-order valence-corrected chi connectivity index (χ3v) is 4.74. The van der Waals surface area contributed by atoms with Gasteiger partial charge in [-0.25, -0.2) is 4.68 Å². The second-order valence-electron chi connectivity index (χ2n) is 5.62. The molecule has 6 nitrogen and oxygen atoms in total. The summed E-state index contributed by atoms with van der Waals surface area (Å²) in [6.07, 6.45) is 0. The zero-order chi connectivity index (χ0) is 17.8. The molecule has 128 valence electrons. The summed E-state index contributed by atoms with van der Waals surface area (Å²) in [6, 6.07) is 17.4. The van der Waals surface area contributed by atoms with E-state index in [1.807, 2.05) is 61.5 Å². The van der Waals surface area contributed by atoms with Crippen LogP contribution >= 0.6 is 11.8 Å². The maximum Gasteiger partial charge on any atom is 0.237 e. The van der Waals surface area contributed by atoms with Crippen LogP contribution < -0.4 is 10.7 Å². The summed E-state index contributed by atoms with van der Waals surface area (Å²) in [5, 5.41) is 8.74. The van der Waals surface area contributed by atoms with E-state index in [4.69, 9.17) is 5.84 Å². The van der Waals surface area contributed by atoms with Gasteiger partial charge in [-0.1, -0.05) is 59.8 Å². The van der Waals surface area contributed by atoms with Gasteiger partial charge < -0.3 is 10.7 Å². The number of amides is 1. The SMILES string of the molecule is Cc1ccc(-c2nnc(SCC(=O)N(C)c3ccccc3)n2N)cc1. The molecule has 1 amide bonds. The van der Waals surface area contributed by atoms with Gasteiger partial charge in [0.1, 0.15) is 0 Å². The monoisotopic (exact) mass is 353 g/mol. The molecule has 7 heteroatoms. The number of nitrogen functional groups attached to an aromatic ring is 1. The summed E-state index contributed by atoms with van der Waals surface area (Å²) in [6.45, 7) is 2.02. The van der Waals surface area contributed by atoms with Crippen molar-refractivity contribution in [3.05, 3.63) is 60.2 Å². The van der Waals surface area contributed by atoms with E-state index in [9.17, 15) is 4.79 Å². The Morgan fingerprint density at radius 2 is 1.80 bits per heavy atom. The number of thioether (sulfide) groups is 1. The number of benzene rings is 2. The minimum Gasteiger partial charge on any atom is -0.335 e. The van der Waals surface area contributed by atoms with Crippen LogP contribution in [0.2, 0.25) is 0 Å². The number of rotatable bonds is 5. The summed E-state index contributed by atoms with van der Waals surface area (Å²) in [4.78, 5) is 14.0. The van der Waals surface area contributed by atoms with Crippen molar-refractivity contribution in [3.63, 3.8) is 0 Å². The molecule has 2 N–H and O–H groups in total. The first-order valence-corrected chi connectivity index (χ1v) is 8.77. The average molecular weight is 353 g/mol. The molecule has 0 saturated heterocycles. The van der Waals surface area contributed by atoms with Gasteiger partial charge in [0, 0.05) is 18.3 Å². The first kappa shape index (κ1) is 17.0. The van der Waals surface area contributed by atoms with Gasteiger partial charge in [0.05, 0.1) is 5.75 Å². The highest BCUT2D eigenvalue weighted by atomic mass is 32.2. The zero-order valence-electron chi connectivity index (χ0n) is 14.1. The maximum absolute atomic E-state index is 12.3. The third-order valence-electron chi connectivity index (χ3n) is 3.82. The number of carbonyl (C=O) groups is 1. The van der Waals surface area contributed by atoms with Gasteiger partial charge in [-0.05, 0) is 19.1 Å². The zero-order valence-corrected chi connectivity index (χ0v) is 14.9. The molecule has 0 atom stereocenters. The largest absolute Gasteiger partial charge is 0.335 e. The van der Waals surface area contributed by atoms with Crippen molar-refractivity contribution in [2.24, 2.45) is 0 Å². The van der Waals surface area contributed by atoms with Crippen LogP contribution in [0.25, 0.3) is 11.4 Å². The Labute approximate surface area is 150 Å². The Bertz CT molecular complexity index is 861. The van der Waals surface area contributed by atoms with Crippen molar-refractivity contribution in [1.29, 1.82) is 0 Å². The lowest BCUT2D eigenvalue weighted by Crippen LogP contribution is -2.28.